The Hall–Kier alpha value is -4.08. The molecule has 1 aliphatic heterocycles. The molecular weight excluding hydrogens is 554 g/mol. The van der Waals surface area contributed by atoms with Crippen LogP contribution in [0.2, 0.25) is 0 Å². The number of carbonyl (C=O) groups excluding carboxylic acids is 3. The van der Waals surface area contributed by atoms with Gasteiger partial charge >= 0.3 is 0 Å². The van der Waals surface area contributed by atoms with Crippen molar-refractivity contribution in [2.75, 3.05) is 49.3 Å². The number of H-pyrrole nitrogens is 1. The summed E-state index contributed by atoms with van der Waals surface area (Å²) in [6, 6.07) is 14.0. The van der Waals surface area contributed by atoms with Crippen LogP contribution < -0.4 is 15.5 Å². The Bertz CT molecular complexity index is 1670. The summed E-state index contributed by atoms with van der Waals surface area (Å²) in [5.74, 6) is -0.509. The molecule has 4 N–H and O–H groups in total. The predicted molar refractivity (Wildman–Crippen MR) is 168 cm³/mol. The quantitative estimate of drug-likeness (QED) is 0.145. The SMILES string of the molecule is CCCN(C)CCCNC(=O)c1ccc2c(O)cc3c(c2c1)C(CCl)CN3C(=O)c1cc2cc(NC(C)=O)ccc2[nH]1. The molecular formula is C32H36ClN5O4. The van der Waals surface area contributed by atoms with Crippen molar-refractivity contribution in [3.05, 3.63) is 65.4 Å². The second kappa shape index (κ2) is 12.4. The molecule has 0 aliphatic carbocycles. The van der Waals surface area contributed by atoms with E-state index in [2.05, 4.69) is 34.5 Å². The molecule has 10 heteroatoms. The van der Waals surface area contributed by atoms with Gasteiger partial charge in [-0.2, -0.15) is 0 Å². The first-order valence-electron chi connectivity index (χ1n) is 14.2. The van der Waals surface area contributed by atoms with Gasteiger partial charge in [-0.1, -0.05) is 6.92 Å². The minimum atomic E-state index is -0.262. The van der Waals surface area contributed by atoms with Gasteiger partial charge < -0.3 is 30.5 Å². The van der Waals surface area contributed by atoms with Crippen molar-refractivity contribution in [1.29, 1.82) is 0 Å². The number of aromatic hydroxyl groups is 1. The lowest BCUT2D eigenvalue weighted by Gasteiger charge is -2.18. The minimum Gasteiger partial charge on any atom is -0.507 e. The predicted octanol–water partition coefficient (Wildman–Crippen LogP) is 5.43. The smallest absolute Gasteiger partial charge is 0.274 e. The molecule has 2 heterocycles. The molecule has 0 spiro atoms. The van der Waals surface area contributed by atoms with Crippen molar-refractivity contribution in [3.63, 3.8) is 0 Å². The summed E-state index contributed by atoms with van der Waals surface area (Å²) in [7, 11) is 2.07. The highest BCUT2D eigenvalue weighted by atomic mass is 35.5. The molecule has 1 atom stereocenters. The molecule has 1 unspecified atom stereocenters. The van der Waals surface area contributed by atoms with Gasteiger partial charge in [0.15, 0.2) is 0 Å². The van der Waals surface area contributed by atoms with Crippen molar-refractivity contribution < 1.29 is 19.5 Å². The maximum absolute atomic E-state index is 13.8. The van der Waals surface area contributed by atoms with E-state index in [1.165, 1.54) is 6.92 Å². The highest BCUT2D eigenvalue weighted by Crippen LogP contribution is 2.46. The van der Waals surface area contributed by atoms with Gasteiger partial charge in [0.25, 0.3) is 11.8 Å². The zero-order chi connectivity index (χ0) is 30.0. The van der Waals surface area contributed by atoms with Gasteiger partial charge in [0.1, 0.15) is 11.4 Å². The van der Waals surface area contributed by atoms with Crippen LogP contribution in [0.1, 0.15) is 59.0 Å². The maximum atomic E-state index is 13.8. The van der Waals surface area contributed by atoms with E-state index in [-0.39, 0.29) is 35.3 Å². The minimum absolute atomic E-state index is 0.0271. The Morgan fingerprint density at radius 1 is 1.10 bits per heavy atom. The van der Waals surface area contributed by atoms with Crippen LogP contribution in [0.3, 0.4) is 0 Å². The van der Waals surface area contributed by atoms with Crippen LogP contribution >= 0.6 is 11.6 Å². The van der Waals surface area contributed by atoms with Crippen molar-refractivity contribution in [1.82, 2.24) is 15.2 Å². The first kappa shape index (κ1) is 29.4. The molecule has 0 fully saturated rings. The van der Waals surface area contributed by atoms with Crippen LogP contribution in [0.4, 0.5) is 11.4 Å². The number of phenolic OH excluding ortho intramolecular Hbond substituents is 1. The normalized spacial score (nSPS) is 14.5. The van der Waals surface area contributed by atoms with Crippen LogP contribution in [-0.2, 0) is 4.79 Å². The summed E-state index contributed by atoms with van der Waals surface area (Å²) in [6.45, 7) is 6.41. The Balaban J connectivity index is 1.43. The van der Waals surface area contributed by atoms with E-state index in [9.17, 15) is 19.5 Å². The van der Waals surface area contributed by atoms with Crippen molar-refractivity contribution in [3.8, 4) is 5.75 Å². The fourth-order valence-electron chi connectivity index (χ4n) is 5.76. The average molecular weight is 590 g/mol. The van der Waals surface area contributed by atoms with E-state index >= 15 is 0 Å². The molecule has 0 bridgehead atoms. The van der Waals surface area contributed by atoms with E-state index in [0.29, 0.717) is 46.5 Å². The van der Waals surface area contributed by atoms with Crippen LogP contribution in [0, 0.1) is 0 Å². The standard InChI is InChI=1S/C32H36ClN5O4/c1-4-11-37(3)12-5-10-34-31(41)20-6-8-24-25(14-20)30-22(17-33)18-38(28(30)16-29(24)40)32(42)27-15-21-13-23(35-19(2)39)7-9-26(21)36-27/h6-9,13-16,22,36,40H,4-5,10-12,17-18H2,1-3H3,(H,34,41)(H,35,39). The number of nitrogens with one attached hydrogen (secondary N) is 3. The Morgan fingerprint density at radius 3 is 2.64 bits per heavy atom. The second-order valence-corrected chi connectivity index (χ2v) is 11.2. The maximum Gasteiger partial charge on any atom is 0.274 e. The molecule has 1 aromatic heterocycles. The third-order valence-corrected chi connectivity index (χ3v) is 8.08. The fraction of sp³-hybridized carbons (Fsp3) is 0.344. The molecule has 9 nitrogen and oxygen atoms in total. The summed E-state index contributed by atoms with van der Waals surface area (Å²) in [5, 5.41) is 18.8. The largest absolute Gasteiger partial charge is 0.507 e. The van der Waals surface area contributed by atoms with Crippen LogP contribution in [-0.4, -0.2) is 71.8 Å². The highest BCUT2D eigenvalue weighted by Gasteiger charge is 2.35. The molecule has 5 rings (SSSR count). The van der Waals surface area contributed by atoms with Gasteiger partial charge in [0, 0.05) is 65.4 Å². The van der Waals surface area contributed by atoms with Crippen molar-refractivity contribution in [2.24, 2.45) is 0 Å². The average Bonchev–Trinajstić information content (AvgIpc) is 3.56. The molecule has 0 saturated carbocycles. The van der Waals surface area contributed by atoms with Crippen molar-refractivity contribution in [2.45, 2.75) is 32.6 Å². The third kappa shape index (κ3) is 5.93. The fourth-order valence-corrected chi connectivity index (χ4v) is 6.01. The lowest BCUT2D eigenvalue weighted by atomic mass is 9.94. The number of alkyl halides is 1. The lowest BCUT2D eigenvalue weighted by molar-refractivity contribution is -0.114. The first-order chi connectivity index (χ1) is 20.2. The molecule has 0 radical (unpaired) electrons. The molecule has 4 aromatic rings. The van der Waals surface area contributed by atoms with Crippen LogP contribution in [0.15, 0.2) is 48.5 Å². The number of fused-ring (bicyclic) bond motifs is 4. The molecule has 42 heavy (non-hydrogen) atoms. The van der Waals surface area contributed by atoms with Gasteiger partial charge in [-0.05, 0) is 86.4 Å². The lowest BCUT2D eigenvalue weighted by Crippen LogP contribution is -2.30. The first-order valence-corrected chi connectivity index (χ1v) is 14.8. The number of benzene rings is 3. The van der Waals surface area contributed by atoms with Gasteiger partial charge in [0.05, 0.1) is 5.69 Å². The molecule has 3 aromatic carbocycles. The van der Waals surface area contributed by atoms with Gasteiger partial charge in [-0.25, -0.2) is 0 Å². The number of hydrogen-bond donors (Lipinski definition) is 4. The van der Waals surface area contributed by atoms with E-state index in [1.54, 1.807) is 47.4 Å². The summed E-state index contributed by atoms with van der Waals surface area (Å²) in [6.07, 6.45) is 1.94. The molecule has 3 amide bonds. The van der Waals surface area contributed by atoms with Crippen molar-refractivity contribution >= 4 is 62.4 Å². The van der Waals surface area contributed by atoms with E-state index in [4.69, 9.17) is 11.6 Å². The summed E-state index contributed by atoms with van der Waals surface area (Å²) < 4.78 is 0. The third-order valence-electron chi connectivity index (χ3n) is 7.71. The van der Waals surface area contributed by atoms with Gasteiger partial charge in [-0.3, -0.25) is 14.4 Å². The Morgan fingerprint density at radius 2 is 1.90 bits per heavy atom. The van der Waals surface area contributed by atoms with Gasteiger partial charge in [0.2, 0.25) is 5.91 Å². The topological polar surface area (TPSA) is 118 Å². The number of phenols is 1. The number of aromatic nitrogens is 1. The number of amides is 3. The van der Waals surface area contributed by atoms with E-state index in [0.717, 1.165) is 42.4 Å². The zero-order valence-corrected chi connectivity index (χ0v) is 24.8. The summed E-state index contributed by atoms with van der Waals surface area (Å²) in [4.78, 5) is 45.3. The van der Waals surface area contributed by atoms with Crippen LogP contribution in [0.25, 0.3) is 21.7 Å². The molecule has 1 aliphatic rings. The van der Waals surface area contributed by atoms with Gasteiger partial charge in [-0.15, -0.1) is 11.6 Å². The number of rotatable bonds is 10. The summed E-state index contributed by atoms with van der Waals surface area (Å²) in [5.41, 5.74) is 3.68. The number of carbonyl (C=O) groups is 3. The van der Waals surface area contributed by atoms with Crippen LogP contribution in [0.5, 0.6) is 5.75 Å². The summed E-state index contributed by atoms with van der Waals surface area (Å²) >= 11 is 6.42. The molecule has 220 valence electrons. The number of nitrogens with zero attached hydrogens (tertiary/aromatic N) is 2. The zero-order valence-electron chi connectivity index (χ0n) is 24.1. The van der Waals surface area contributed by atoms with E-state index < -0.39 is 0 Å². The molecule has 0 saturated heterocycles. The Kier molecular flexibility index (Phi) is 8.70. The number of halogens is 1. The van der Waals surface area contributed by atoms with E-state index in [1.807, 2.05) is 6.07 Å². The number of aromatic amines is 1. The monoisotopic (exact) mass is 589 g/mol. The second-order valence-electron chi connectivity index (χ2n) is 10.9. The number of anilines is 2. The Labute approximate surface area is 249 Å². The number of hydrogen-bond acceptors (Lipinski definition) is 5. The highest BCUT2D eigenvalue weighted by molar-refractivity contribution is 6.19.